The summed E-state index contributed by atoms with van der Waals surface area (Å²) in [6.07, 6.45) is 1.83. The molecule has 1 saturated heterocycles. The maximum absolute atomic E-state index is 11.6. The van der Waals surface area contributed by atoms with Gasteiger partial charge in [0.15, 0.2) is 11.5 Å². The van der Waals surface area contributed by atoms with Crippen molar-refractivity contribution in [2.45, 2.75) is 20.0 Å². The minimum absolute atomic E-state index is 0.0449. The van der Waals surface area contributed by atoms with Crippen LogP contribution in [0.15, 0.2) is 23.1 Å². The van der Waals surface area contributed by atoms with E-state index in [0.29, 0.717) is 20.7 Å². The second-order valence-electron chi connectivity index (χ2n) is 4.43. The molecule has 1 aromatic rings. The Morgan fingerprint density at radius 2 is 2.10 bits per heavy atom. The van der Waals surface area contributed by atoms with Crippen LogP contribution in [0.25, 0.3) is 6.08 Å². The number of hydrogen-bond donors (Lipinski definition) is 1. The number of carbonyl (C=O) groups is 1. The van der Waals surface area contributed by atoms with Crippen molar-refractivity contribution in [1.82, 2.24) is 5.32 Å². The van der Waals surface area contributed by atoms with Gasteiger partial charge in [-0.2, -0.15) is 0 Å². The molecule has 4 nitrogen and oxygen atoms in total. The average Bonchev–Trinajstić information content (AvgIpc) is 2.67. The largest absolute Gasteiger partial charge is 0.493 e. The molecule has 0 atom stereocenters. The van der Waals surface area contributed by atoms with Crippen molar-refractivity contribution >= 4 is 40.3 Å². The van der Waals surface area contributed by atoms with Gasteiger partial charge in [-0.25, -0.2) is 0 Å². The molecule has 20 heavy (non-hydrogen) atoms. The fourth-order valence-electron chi connectivity index (χ4n) is 1.70. The Morgan fingerprint density at radius 1 is 1.35 bits per heavy atom. The second-order valence-corrected chi connectivity index (χ2v) is 6.15. The lowest BCUT2D eigenvalue weighted by atomic mass is 10.2. The molecule has 1 heterocycles. The standard InChI is InChI=1S/C14H15NO3S2/c1-8(2)18-11-6-9(4-5-10(11)17-3)7-12-13(16)15-14(19)20-12/h4-8H,1-3H3,(H,15,16,19). The third-order valence-corrected chi connectivity index (χ3v) is 3.65. The minimum Gasteiger partial charge on any atom is -0.493 e. The van der Waals surface area contributed by atoms with E-state index in [4.69, 9.17) is 21.7 Å². The Bertz CT molecular complexity index is 582. The Balaban J connectivity index is 2.31. The van der Waals surface area contributed by atoms with Crippen LogP contribution in [-0.2, 0) is 4.79 Å². The summed E-state index contributed by atoms with van der Waals surface area (Å²) in [7, 11) is 1.60. The summed E-state index contributed by atoms with van der Waals surface area (Å²) in [5.41, 5.74) is 0.865. The highest BCUT2D eigenvalue weighted by atomic mass is 32.2. The van der Waals surface area contributed by atoms with E-state index in [1.807, 2.05) is 32.0 Å². The van der Waals surface area contributed by atoms with Crippen molar-refractivity contribution in [2.24, 2.45) is 0 Å². The molecule has 106 valence electrons. The molecule has 1 fully saturated rings. The van der Waals surface area contributed by atoms with E-state index in [-0.39, 0.29) is 12.0 Å². The first-order valence-corrected chi connectivity index (χ1v) is 7.31. The first kappa shape index (κ1) is 14.9. The highest BCUT2D eigenvalue weighted by molar-refractivity contribution is 8.26. The van der Waals surface area contributed by atoms with Crippen molar-refractivity contribution in [3.8, 4) is 11.5 Å². The summed E-state index contributed by atoms with van der Waals surface area (Å²) in [5, 5.41) is 2.59. The number of benzene rings is 1. The SMILES string of the molecule is COc1ccc(C=C2SC(=S)NC2=O)cc1OC(C)C. The molecule has 2 rings (SSSR count). The molecule has 0 aliphatic carbocycles. The Labute approximate surface area is 127 Å². The normalized spacial score (nSPS) is 16.7. The van der Waals surface area contributed by atoms with Gasteiger partial charge >= 0.3 is 0 Å². The molecule has 1 N–H and O–H groups in total. The van der Waals surface area contributed by atoms with Crippen molar-refractivity contribution in [3.05, 3.63) is 28.7 Å². The number of amides is 1. The van der Waals surface area contributed by atoms with Crippen LogP contribution >= 0.6 is 24.0 Å². The average molecular weight is 309 g/mol. The third kappa shape index (κ3) is 3.52. The number of rotatable bonds is 4. The van der Waals surface area contributed by atoms with Crippen LogP contribution in [0.1, 0.15) is 19.4 Å². The molecule has 6 heteroatoms. The van der Waals surface area contributed by atoms with Crippen molar-refractivity contribution < 1.29 is 14.3 Å². The maximum atomic E-state index is 11.6. The van der Waals surface area contributed by atoms with E-state index in [9.17, 15) is 4.79 Å². The smallest absolute Gasteiger partial charge is 0.263 e. The highest BCUT2D eigenvalue weighted by Gasteiger charge is 2.22. The van der Waals surface area contributed by atoms with Gasteiger partial charge in [0.1, 0.15) is 4.32 Å². The lowest BCUT2D eigenvalue weighted by molar-refractivity contribution is -0.115. The molecule has 0 unspecified atom stereocenters. The molecular formula is C14H15NO3S2. The second kappa shape index (κ2) is 6.28. The van der Waals surface area contributed by atoms with E-state index in [0.717, 1.165) is 5.56 Å². The predicted octanol–water partition coefficient (Wildman–Crippen LogP) is 2.97. The van der Waals surface area contributed by atoms with Crippen LogP contribution in [0.4, 0.5) is 0 Å². The van der Waals surface area contributed by atoms with Crippen molar-refractivity contribution in [2.75, 3.05) is 7.11 Å². The number of nitrogens with one attached hydrogen (secondary N) is 1. The zero-order chi connectivity index (χ0) is 14.7. The van der Waals surface area contributed by atoms with Gasteiger partial charge in [0.2, 0.25) is 0 Å². The molecule has 0 saturated carbocycles. The van der Waals surface area contributed by atoms with E-state index in [2.05, 4.69) is 5.32 Å². The van der Waals surface area contributed by atoms with Gasteiger partial charge < -0.3 is 14.8 Å². The highest BCUT2D eigenvalue weighted by Crippen LogP contribution is 2.32. The summed E-state index contributed by atoms with van der Waals surface area (Å²) in [6.45, 7) is 3.90. The van der Waals surface area contributed by atoms with Crippen LogP contribution in [0, 0.1) is 0 Å². The summed E-state index contributed by atoms with van der Waals surface area (Å²) in [6, 6.07) is 5.54. The van der Waals surface area contributed by atoms with Gasteiger partial charge in [-0.05, 0) is 37.6 Å². The molecule has 1 aliphatic rings. The van der Waals surface area contributed by atoms with E-state index < -0.39 is 0 Å². The molecule has 1 aromatic carbocycles. The summed E-state index contributed by atoms with van der Waals surface area (Å²) < 4.78 is 11.4. The van der Waals surface area contributed by atoms with E-state index >= 15 is 0 Å². The van der Waals surface area contributed by atoms with Gasteiger partial charge in [-0.3, -0.25) is 4.79 Å². The fraction of sp³-hybridized carbons (Fsp3) is 0.286. The Morgan fingerprint density at radius 3 is 2.65 bits per heavy atom. The fourth-order valence-corrected chi connectivity index (χ4v) is 2.75. The summed E-state index contributed by atoms with van der Waals surface area (Å²) >= 11 is 6.22. The topological polar surface area (TPSA) is 47.6 Å². The summed E-state index contributed by atoms with van der Waals surface area (Å²) in [4.78, 5) is 12.2. The van der Waals surface area contributed by atoms with Gasteiger partial charge in [0.05, 0.1) is 18.1 Å². The van der Waals surface area contributed by atoms with Crippen LogP contribution in [-0.4, -0.2) is 23.4 Å². The number of thioether (sulfide) groups is 1. The molecule has 0 bridgehead atoms. The monoisotopic (exact) mass is 309 g/mol. The van der Waals surface area contributed by atoms with Gasteiger partial charge in [-0.15, -0.1) is 0 Å². The number of carbonyl (C=O) groups excluding carboxylic acids is 1. The molecule has 0 aromatic heterocycles. The van der Waals surface area contributed by atoms with Crippen LogP contribution < -0.4 is 14.8 Å². The molecule has 1 aliphatic heterocycles. The molecule has 0 radical (unpaired) electrons. The number of hydrogen-bond acceptors (Lipinski definition) is 5. The van der Waals surface area contributed by atoms with Crippen LogP contribution in [0.3, 0.4) is 0 Å². The quantitative estimate of drug-likeness (QED) is 0.684. The predicted molar refractivity (Wildman–Crippen MR) is 85.1 cm³/mol. The maximum Gasteiger partial charge on any atom is 0.263 e. The molecular weight excluding hydrogens is 294 g/mol. The first-order valence-electron chi connectivity index (χ1n) is 6.09. The number of methoxy groups -OCH3 is 1. The lowest BCUT2D eigenvalue weighted by Gasteiger charge is -2.14. The zero-order valence-electron chi connectivity index (χ0n) is 11.4. The van der Waals surface area contributed by atoms with Crippen LogP contribution in [0.5, 0.6) is 11.5 Å². The first-order chi connectivity index (χ1) is 9.49. The lowest BCUT2D eigenvalue weighted by Crippen LogP contribution is -2.17. The number of ether oxygens (including phenoxy) is 2. The minimum atomic E-state index is -0.165. The Kier molecular flexibility index (Phi) is 4.67. The van der Waals surface area contributed by atoms with Gasteiger partial charge in [-0.1, -0.05) is 30.0 Å². The molecule has 0 spiro atoms. The number of thiocarbonyl (C=S) groups is 1. The summed E-state index contributed by atoms with van der Waals surface area (Å²) in [5.74, 6) is 1.16. The zero-order valence-corrected chi connectivity index (χ0v) is 13.1. The van der Waals surface area contributed by atoms with Gasteiger partial charge in [0, 0.05) is 0 Å². The molecule has 1 amide bonds. The van der Waals surface area contributed by atoms with E-state index in [1.54, 1.807) is 13.2 Å². The van der Waals surface area contributed by atoms with Gasteiger partial charge in [0.25, 0.3) is 5.91 Å². The Hall–Kier alpha value is -1.53. The third-order valence-electron chi connectivity index (χ3n) is 2.49. The van der Waals surface area contributed by atoms with Crippen molar-refractivity contribution in [3.63, 3.8) is 0 Å². The van der Waals surface area contributed by atoms with E-state index in [1.165, 1.54) is 11.8 Å². The van der Waals surface area contributed by atoms with Crippen LogP contribution in [0.2, 0.25) is 0 Å². The van der Waals surface area contributed by atoms with Crippen molar-refractivity contribution in [1.29, 1.82) is 0 Å².